The van der Waals surface area contributed by atoms with Crippen molar-refractivity contribution in [1.82, 2.24) is 5.32 Å². The normalized spacial score (nSPS) is 34.4. The molecule has 1 N–H and O–H groups in total. The lowest BCUT2D eigenvalue weighted by Crippen LogP contribution is -2.41. The van der Waals surface area contributed by atoms with Crippen LogP contribution in [-0.2, 0) is 4.79 Å². The van der Waals surface area contributed by atoms with Gasteiger partial charge in [0.25, 0.3) is 0 Å². The monoisotopic (exact) mass is 355 g/mol. The summed E-state index contributed by atoms with van der Waals surface area (Å²) in [6.45, 7) is 0.806. The first-order chi connectivity index (χ1) is 13.3. The van der Waals surface area contributed by atoms with Crippen molar-refractivity contribution in [1.29, 1.82) is 0 Å². The Morgan fingerprint density at radius 3 is 2.11 bits per heavy atom. The van der Waals surface area contributed by atoms with E-state index in [0.29, 0.717) is 29.6 Å². The van der Waals surface area contributed by atoms with Crippen molar-refractivity contribution in [2.24, 2.45) is 23.7 Å². The number of hydrogen-bond acceptors (Lipinski definition) is 1. The van der Waals surface area contributed by atoms with E-state index in [2.05, 4.69) is 66.0 Å². The summed E-state index contributed by atoms with van der Waals surface area (Å²) < 4.78 is 0. The van der Waals surface area contributed by atoms with Crippen molar-refractivity contribution in [3.05, 3.63) is 82.9 Å². The van der Waals surface area contributed by atoms with Crippen LogP contribution in [-0.4, -0.2) is 12.5 Å². The first-order valence-corrected chi connectivity index (χ1v) is 10.4. The van der Waals surface area contributed by atoms with Crippen molar-refractivity contribution in [2.75, 3.05) is 6.54 Å². The molecule has 0 aliphatic heterocycles. The fourth-order valence-corrected chi connectivity index (χ4v) is 6.40. The number of hydrogen-bond donors (Lipinski definition) is 1. The minimum atomic E-state index is 0.209. The average Bonchev–Trinajstić information content (AvgIpc) is 3.36. The topological polar surface area (TPSA) is 29.1 Å². The van der Waals surface area contributed by atoms with Gasteiger partial charge in [0.05, 0.1) is 0 Å². The number of benzene rings is 2. The molecule has 136 valence electrons. The lowest BCUT2D eigenvalue weighted by molar-refractivity contribution is -0.125. The molecule has 1 saturated carbocycles. The number of allylic oxidation sites excluding steroid dienone is 2. The van der Waals surface area contributed by atoms with E-state index in [1.54, 1.807) is 0 Å². The van der Waals surface area contributed by atoms with Crippen LogP contribution in [0.2, 0.25) is 0 Å². The second kappa shape index (κ2) is 5.82. The maximum absolute atomic E-state index is 12.8. The van der Waals surface area contributed by atoms with Crippen LogP contribution in [0.15, 0.2) is 60.7 Å². The highest BCUT2D eigenvalue weighted by Gasteiger charge is 2.44. The van der Waals surface area contributed by atoms with Crippen LogP contribution in [0, 0.1) is 23.7 Å². The SMILES string of the molecule is O=C(NC[C@@H]1CC2c3ccccc3C1c1ccccc12)[C@@H]1C[C@H]2C=C[C@H]1C2. The summed E-state index contributed by atoms with van der Waals surface area (Å²) in [6, 6.07) is 17.9. The fraction of sp³-hybridized carbons (Fsp3) is 0.400. The fourth-order valence-electron chi connectivity index (χ4n) is 6.40. The van der Waals surface area contributed by atoms with Gasteiger partial charge in [0.1, 0.15) is 0 Å². The summed E-state index contributed by atoms with van der Waals surface area (Å²) in [4.78, 5) is 12.8. The van der Waals surface area contributed by atoms with Gasteiger partial charge in [0.15, 0.2) is 0 Å². The zero-order valence-electron chi connectivity index (χ0n) is 15.5. The Labute approximate surface area is 160 Å². The van der Waals surface area contributed by atoms with Gasteiger partial charge in [-0.1, -0.05) is 60.7 Å². The maximum Gasteiger partial charge on any atom is 0.223 e. The molecule has 4 atom stereocenters. The standard InChI is InChI=1S/C25H25NO/c27-25(22-12-15-9-10-16(22)11-15)26-14-17-13-23-18-5-1-3-7-20(18)24(17)21-8-4-2-6-19(21)23/h1-10,15-17,22-24H,11-14H2,(H,26,27)/t15-,16-,17-,22+,23?,24?/m0/s1. The van der Waals surface area contributed by atoms with Gasteiger partial charge in [0, 0.05) is 24.3 Å². The van der Waals surface area contributed by atoms with Crippen molar-refractivity contribution < 1.29 is 4.79 Å². The van der Waals surface area contributed by atoms with E-state index in [-0.39, 0.29) is 11.8 Å². The third kappa shape index (κ3) is 2.29. The minimum absolute atomic E-state index is 0.209. The molecule has 2 aromatic rings. The van der Waals surface area contributed by atoms with E-state index in [9.17, 15) is 4.79 Å². The summed E-state index contributed by atoms with van der Waals surface area (Å²) >= 11 is 0. The second-order valence-electron chi connectivity index (χ2n) is 8.92. The molecule has 1 fully saturated rings. The quantitative estimate of drug-likeness (QED) is 0.800. The Morgan fingerprint density at radius 1 is 0.852 bits per heavy atom. The molecule has 7 rings (SSSR count). The molecule has 27 heavy (non-hydrogen) atoms. The lowest BCUT2D eigenvalue weighted by atomic mass is 9.59. The molecular formula is C25H25NO. The van der Waals surface area contributed by atoms with Crippen LogP contribution in [0.25, 0.3) is 0 Å². The summed E-state index contributed by atoms with van der Waals surface area (Å²) in [5, 5.41) is 3.35. The number of fused-ring (bicyclic) bond motifs is 3. The van der Waals surface area contributed by atoms with Crippen LogP contribution in [0.3, 0.4) is 0 Å². The van der Waals surface area contributed by atoms with Crippen molar-refractivity contribution in [3.63, 3.8) is 0 Å². The van der Waals surface area contributed by atoms with E-state index >= 15 is 0 Å². The van der Waals surface area contributed by atoms with Gasteiger partial charge >= 0.3 is 0 Å². The van der Waals surface area contributed by atoms with E-state index in [1.165, 1.54) is 28.7 Å². The third-order valence-electron chi connectivity index (χ3n) is 7.58. The molecule has 0 heterocycles. The highest BCUT2D eigenvalue weighted by Crippen LogP contribution is 2.55. The molecule has 0 unspecified atom stereocenters. The van der Waals surface area contributed by atoms with Gasteiger partial charge in [-0.25, -0.2) is 0 Å². The van der Waals surface area contributed by atoms with E-state index in [0.717, 1.165) is 19.4 Å². The number of rotatable bonds is 3. The summed E-state index contributed by atoms with van der Waals surface area (Å²) in [7, 11) is 0. The summed E-state index contributed by atoms with van der Waals surface area (Å²) in [5.74, 6) is 3.03. The molecule has 0 saturated heterocycles. The molecule has 4 bridgehead atoms. The van der Waals surface area contributed by atoms with Gasteiger partial charge in [0.2, 0.25) is 5.91 Å². The molecule has 0 aromatic heterocycles. The van der Waals surface area contributed by atoms with Gasteiger partial charge in [-0.3, -0.25) is 4.79 Å². The van der Waals surface area contributed by atoms with Crippen molar-refractivity contribution in [2.45, 2.75) is 31.1 Å². The largest absolute Gasteiger partial charge is 0.356 e. The molecule has 5 aliphatic rings. The summed E-state index contributed by atoms with van der Waals surface area (Å²) in [5.41, 5.74) is 5.97. The van der Waals surface area contributed by atoms with Crippen LogP contribution >= 0.6 is 0 Å². The molecule has 2 aromatic carbocycles. The van der Waals surface area contributed by atoms with Crippen LogP contribution in [0.4, 0.5) is 0 Å². The van der Waals surface area contributed by atoms with Gasteiger partial charge in [-0.05, 0) is 59.3 Å². The third-order valence-corrected chi connectivity index (χ3v) is 7.58. The first kappa shape index (κ1) is 15.7. The Kier molecular flexibility index (Phi) is 3.38. The Morgan fingerprint density at radius 2 is 1.52 bits per heavy atom. The first-order valence-electron chi connectivity index (χ1n) is 10.4. The van der Waals surface area contributed by atoms with Crippen LogP contribution < -0.4 is 5.32 Å². The van der Waals surface area contributed by atoms with Gasteiger partial charge in [-0.2, -0.15) is 0 Å². The lowest BCUT2D eigenvalue weighted by Gasteiger charge is -2.45. The van der Waals surface area contributed by atoms with Gasteiger partial charge in [-0.15, -0.1) is 0 Å². The number of amides is 1. The Balaban J connectivity index is 1.26. The zero-order chi connectivity index (χ0) is 18.0. The van der Waals surface area contributed by atoms with Crippen LogP contribution in [0.1, 0.15) is 53.4 Å². The molecule has 5 aliphatic carbocycles. The zero-order valence-corrected chi connectivity index (χ0v) is 15.5. The number of nitrogens with one attached hydrogen (secondary N) is 1. The van der Waals surface area contributed by atoms with Crippen molar-refractivity contribution >= 4 is 5.91 Å². The Hall–Kier alpha value is -2.35. The number of carbonyl (C=O) groups is 1. The van der Waals surface area contributed by atoms with Crippen LogP contribution in [0.5, 0.6) is 0 Å². The highest BCUT2D eigenvalue weighted by atomic mass is 16.1. The molecule has 0 radical (unpaired) electrons. The highest BCUT2D eigenvalue weighted by molar-refractivity contribution is 5.80. The molecular weight excluding hydrogens is 330 g/mol. The predicted molar refractivity (Wildman–Crippen MR) is 107 cm³/mol. The van der Waals surface area contributed by atoms with Gasteiger partial charge < -0.3 is 5.32 Å². The van der Waals surface area contributed by atoms with E-state index in [4.69, 9.17) is 0 Å². The minimum Gasteiger partial charge on any atom is -0.356 e. The Bertz CT molecular complexity index is 897. The molecule has 0 spiro atoms. The average molecular weight is 355 g/mol. The number of carbonyl (C=O) groups excluding carboxylic acids is 1. The maximum atomic E-state index is 12.8. The van der Waals surface area contributed by atoms with Crippen molar-refractivity contribution in [3.8, 4) is 0 Å². The molecule has 2 nitrogen and oxygen atoms in total. The molecule has 2 heteroatoms. The summed E-state index contributed by atoms with van der Waals surface area (Å²) in [6.07, 6.45) is 7.97. The predicted octanol–water partition coefficient (Wildman–Crippen LogP) is 4.61. The van der Waals surface area contributed by atoms with E-state index in [1.807, 2.05) is 0 Å². The second-order valence-corrected chi connectivity index (χ2v) is 8.92. The smallest absolute Gasteiger partial charge is 0.223 e. The molecule has 1 amide bonds. The van der Waals surface area contributed by atoms with E-state index < -0.39 is 0 Å².